The normalized spacial score (nSPS) is 10.9. The summed E-state index contributed by atoms with van der Waals surface area (Å²) in [6.07, 6.45) is 3.75. The third-order valence-electron chi connectivity index (χ3n) is 4.64. The number of rotatable bonds is 8. The standard InChI is InChI=1S/C16H19BN4O5.C8H10/c1-26-12-4-2-3-11(7-12)13(8-15(22)20-10-17(24)25)21-16(23)14-9-18-5-6-19-14;1-7-4-3-5-8(2)6-7/h2-7,9,13,24-25H,8,10H2,1H3,(H,20,22)(H,21,23);3-6H,1-2H3. The van der Waals surface area contributed by atoms with Gasteiger partial charge in [-0.15, -0.1) is 0 Å². The van der Waals surface area contributed by atoms with Gasteiger partial charge in [-0.25, -0.2) is 4.98 Å². The van der Waals surface area contributed by atoms with Crippen molar-refractivity contribution >= 4 is 18.9 Å². The molecule has 1 heterocycles. The Balaban J connectivity index is 0.000000430. The minimum Gasteiger partial charge on any atom is -0.497 e. The van der Waals surface area contributed by atoms with Crippen molar-refractivity contribution in [2.45, 2.75) is 26.3 Å². The molecule has 2 aromatic carbocycles. The molecule has 10 heteroatoms. The second-order valence-corrected chi connectivity index (χ2v) is 7.54. The number of hydrogen-bond donors (Lipinski definition) is 4. The zero-order chi connectivity index (χ0) is 24.9. The summed E-state index contributed by atoms with van der Waals surface area (Å²) in [4.78, 5) is 32.2. The van der Waals surface area contributed by atoms with Crippen LogP contribution < -0.4 is 15.4 Å². The average molecular weight is 464 g/mol. The van der Waals surface area contributed by atoms with Crippen LogP contribution in [0.5, 0.6) is 5.75 Å². The third-order valence-corrected chi connectivity index (χ3v) is 4.64. The highest BCUT2D eigenvalue weighted by Crippen LogP contribution is 2.22. The molecule has 3 rings (SSSR count). The van der Waals surface area contributed by atoms with Crippen LogP contribution in [-0.4, -0.2) is 52.5 Å². The summed E-state index contributed by atoms with van der Waals surface area (Å²) in [5.41, 5.74) is 3.45. The molecule has 0 spiro atoms. The van der Waals surface area contributed by atoms with Crippen LogP contribution >= 0.6 is 0 Å². The summed E-state index contributed by atoms with van der Waals surface area (Å²) in [6.45, 7) is 4.21. The van der Waals surface area contributed by atoms with E-state index in [1.54, 1.807) is 24.3 Å². The van der Waals surface area contributed by atoms with Crippen LogP contribution in [-0.2, 0) is 4.79 Å². The van der Waals surface area contributed by atoms with E-state index in [2.05, 4.69) is 58.7 Å². The molecule has 178 valence electrons. The Morgan fingerprint density at radius 2 is 1.76 bits per heavy atom. The molecule has 0 aliphatic rings. The topological polar surface area (TPSA) is 134 Å². The number of nitrogens with one attached hydrogen (secondary N) is 2. The lowest BCUT2D eigenvalue weighted by Gasteiger charge is -2.19. The zero-order valence-electron chi connectivity index (χ0n) is 19.4. The van der Waals surface area contributed by atoms with Gasteiger partial charge in [0.15, 0.2) is 0 Å². The van der Waals surface area contributed by atoms with E-state index >= 15 is 0 Å². The van der Waals surface area contributed by atoms with E-state index in [-0.39, 0.29) is 18.6 Å². The van der Waals surface area contributed by atoms with Crippen molar-refractivity contribution in [1.29, 1.82) is 0 Å². The van der Waals surface area contributed by atoms with Crippen LogP contribution in [0.1, 0.15) is 39.6 Å². The van der Waals surface area contributed by atoms with Gasteiger partial charge in [-0.2, -0.15) is 0 Å². The Morgan fingerprint density at radius 3 is 2.32 bits per heavy atom. The van der Waals surface area contributed by atoms with E-state index in [0.717, 1.165) is 0 Å². The van der Waals surface area contributed by atoms with Gasteiger partial charge in [-0.05, 0) is 31.5 Å². The predicted octanol–water partition coefficient (Wildman–Crippen LogP) is 1.78. The van der Waals surface area contributed by atoms with E-state index < -0.39 is 25.0 Å². The second-order valence-electron chi connectivity index (χ2n) is 7.54. The maximum Gasteiger partial charge on any atom is 0.472 e. The largest absolute Gasteiger partial charge is 0.497 e. The fraction of sp³-hybridized carbons (Fsp3) is 0.250. The number of amides is 2. The maximum atomic E-state index is 12.4. The molecule has 0 bridgehead atoms. The number of hydrogen-bond acceptors (Lipinski definition) is 7. The lowest BCUT2D eigenvalue weighted by molar-refractivity contribution is -0.121. The molecule has 34 heavy (non-hydrogen) atoms. The lowest BCUT2D eigenvalue weighted by atomic mass is 9.92. The minimum atomic E-state index is -1.65. The molecule has 1 unspecified atom stereocenters. The number of carbonyl (C=O) groups excluding carboxylic acids is 2. The summed E-state index contributed by atoms with van der Waals surface area (Å²) >= 11 is 0. The average Bonchev–Trinajstić information content (AvgIpc) is 2.83. The first-order valence-corrected chi connectivity index (χ1v) is 10.7. The molecule has 0 aliphatic heterocycles. The van der Waals surface area contributed by atoms with Crippen molar-refractivity contribution in [3.8, 4) is 5.75 Å². The smallest absolute Gasteiger partial charge is 0.472 e. The van der Waals surface area contributed by atoms with Crippen LogP contribution in [0.2, 0.25) is 0 Å². The van der Waals surface area contributed by atoms with E-state index in [1.807, 2.05) is 0 Å². The highest BCUT2D eigenvalue weighted by molar-refractivity contribution is 6.41. The Morgan fingerprint density at radius 1 is 1.06 bits per heavy atom. The molecule has 0 fully saturated rings. The first-order chi connectivity index (χ1) is 16.3. The maximum absolute atomic E-state index is 12.4. The number of carbonyl (C=O) groups is 2. The molecule has 0 saturated carbocycles. The van der Waals surface area contributed by atoms with E-state index in [0.29, 0.717) is 11.3 Å². The first kappa shape index (κ1) is 26.5. The van der Waals surface area contributed by atoms with Crippen LogP contribution in [0.25, 0.3) is 0 Å². The van der Waals surface area contributed by atoms with Gasteiger partial charge in [0.2, 0.25) is 5.91 Å². The summed E-state index contributed by atoms with van der Waals surface area (Å²) in [5, 5.41) is 22.8. The predicted molar refractivity (Wildman–Crippen MR) is 129 cm³/mol. The third kappa shape index (κ3) is 9.39. The Hall–Kier alpha value is -3.76. The van der Waals surface area contributed by atoms with Gasteiger partial charge in [0.1, 0.15) is 11.4 Å². The van der Waals surface area contributed by atoms with Crippen LogP contribution in [0.15, 0.2) is 67.1 Å². The van der Waals surface area contributed by atoms with Crippen molar-refractivity contribution in [1.82, 2.24) is 20.6 Å². The minimum absolute atomic E-state index is 0.105. The fourth-order valence-electron chi connectivity index (χ4n) is 3.03. The quantitative estimate of drug-likeness (QED) is 0.374. The number of aryl methyl sites for hydroxylation is 2. The lowest BCUT2D eigenvalue weighted by Crippen LogP contribution is -2.38. The van der Waals surface area contributed by atoms with Gasteiger partial charge in [0.25, 0.3) is 5.91 Å². The molecule has 4 N–H and O–H groups in total. The number of methoxy groups -OCH3 is 1. The number of aromatic nitrogens is 2. The number of nitrogens with zero attached hydrogens (tertiary/aromatic N) is 2. The van der Waals surface area contributed by atoms with Crippen molar-refractivity contribution < 1.29 is 24.4 Å². The van der Waals surface area contributed by atoms with E-state index in [9.17, 15) is 9.59 Å². The molecule has 9 nitrogen and oxygen atoms in total. The summed E-state index contributed by atoms with van der Waals surface area (Å²) in [7, 11) is -0.134. The van der Waals surface area contributed by atoms with Gasteiger partial charge < -0.3 is 25.4 Å². The van der Waals surface area contributed by atoms with Crippen LogP contribution in [0, 0.1) is 13.8 Å². The zero-order valence-corrected chi connectivity index (χ0v) is 19.4. The molecule has 3 aromatic rings. The van der Waals surface area contributed by atoms with Crippen LogP contribution in [0.4, 0.5) is 0 Å². The molecule has 1 aromatic heterocycles. The summed E-state index contributed by atoms with van der Waals surface area (Å²) in [5.74, 6) is -0.362. The van der Waals surface area contributed by atoms with Gasteiger partial charge in [0, 0.05) is 12.4 Å². The molecular weight excluding hydrogens is 435 g/mol. The van der Waals surface area contributed by atoms with Gasteiger partial charge >= 0.3 is 7.12 Å². The van der Waals surface area contributed by atoms with E-state index in [1.165, 1.54) is 36.8 Å². The van der Waals surface area contributed by atoms with Crippen molar-refractivity contribution in [2.75, 3.05) is 13.6 Å². The van der Waals surface area contributed by atoms with Crippen molar-refractivity contribution in [2.24, 2.45) is 0 Å². The Kier molecular flexibility index (Phi) is 10.7. The molecule has 2 amide bonds. The van der Waals surface area contributed by atoms with Crippen molar-refractivity contribution in [3.05, 3.63) is 89.5 Å². The Labute approximate surface area is 199 Å². The molecule has 1 atom stereocenters. The second kappa shape index (κ2) is 13.7. The van der Waals surface area contributed by atoms with Gasteiger partial charge in [-0.1, -0.05) is 47.5 Å². The molecule has 0 aliphatic carbocycles. The van der Waals surface area contributed by atoms with Gasteiger partial charge in [0.05, 0.1) is 32.2 Å². The Bertz CT molecular complexity index is 1050. The van der Waals surface area contributed by atoms with Crippen LogP contribution in [0.3, 0.4) is 0 Å². The number of ether oxygens (including phenoxy) is 1. The molecule has 0 saturated heterocycles. The van der Waals surface area contributed by atoms with Gasteiger partial charge in [-0.3, -0.25) is 14.6 Å². The van der Waals surface area contributed by atoms with Crippen molar-refractivity contribution in [3.63, 3.8) is 0 Å². The monoisotopic (exact) mass is 464 g/mol. The van der Waals surface area contributed by atoms with E-state index in [4.69, 9.17) is 14.8 Å². The SMILES string of the molecule is COc1cccc(C(CC(=O)NCB(O)O)NC(=O)c2cnccn2)c1.Cc1cccc(C)c1. The molecule has 0 radical (unpaired) electrons. The first-order valence-electron chi connectivity index (χ1n) is 10.7. The summed E-state index contributed by atoms with van der Waals surface area (Å²) < 4.78 is 5.18. The highest BCUT2D eigenvalue weighted by atomic mass is 16.5. The highest BCUT2D eigenvalue weighted by Gasteiger charge is 2.21. The summed E-state index contributed by atoms with van der Waals surface area (Å²) in [6, 6.07) is 14.7. The molecular formula is C24H29BN4O5. The number of benzene rings is 2. The fourth-order valence-corrected chi connectivity index (χ4v) is 3.03.